The number of piperidine rings is 1. The van der Waals surface area contributed by atoms with Gasteiger partial charge in [-0.2, -0.15) is 0 Å². The number of allylic oxidation sites excluding steroid dienone is 1. The standard InChI is InChI=1S/C17H27NO3/c1-5-6-7-15(19)12-10-13-8-9-14(11-12)18(13)16(20)21-17(2,3)4/h5,12-14H,1,6-11H2,2-4H3. The van der Waals surface area contributed by atoms with Gasteiger partial charge in [0.05, 0.1) is 0 Å². The lowest BCUT2D eigenvalue weighted by molar-refractivity contribution is -0.125. The van der Waals surface area contributed by atoms with Crippen LogP contribution in [0.4, 0.5) is 4.79 Å². The van der Waals surface area contributed by atoms with E-state index in [4.69, 9.17) is 4.74 Å². The van der Waals surface area contributed by atoms with E-state index in [0.717, 1.165) is 32.1 Å². The zero-order valence-electron chi connectivity index (χ0n) is 13.4. The molecular formula is C17H27NO3. The molecule has 0 aliphatic carbocycles. The van der Waals surface area contributed by atoms with Gasteiger partial charge in [0, 0.05) is 24.4 Å². The highest BCUT2D eigenvalue weighted by Gasteiger charge is 2.46. The van der Waals surface area contributed by atoms with Crippen molar-refractivity contribution in [1.29, 1.82) is 0 Å². The SMILES string of the molecule is C=CCCC(=O)C1CC2CCC(C1)N2C(=O)OC(C)(C)C. The molecule has 2 heterocycles. The molecule has 2 saturated heterocycles. The minimum atomic E-state index is -0.465. The molecule has 4 heteroatoms. The fourth-order valence-electron chi connectivity index (χ4n) is 3.50. The molecule has 0 aromatic carbocycles. The maximum atomic E-state index is 12.3. The first-order chi connectivity index (χ1) is 9.81. The minimum absolute atomic E-state index is 0.112. The van der Waals surface area contributed by atoms with Crippen LogP contribution >= 0.6 is 0 Å². The molecule has 2 aliphatic heterocycles. The summed E-state index contributed by atoms with van der Waals surface area (Å²) in [6, 6.07) is 0.354. The van der Waals surface area contributed by atoms with Crippen LogP contribution in [0.25, 0.3) is 0 Å². The molecule has 2 rings (SSSR count). The second kappa shape index (κ2) is 6.20. The van der Waals surface area contributed by atoms with Crippen molar-refractivity contribution in [3.05, 3.63) is 12.7 Å². The number of ketones is 1. The fourth-order valence-corrected chi connectivity index (χ4v) is 3.50. The molecule has 0 aromatic rings. The molecule has 2 fully saturated rings. The lowest BCUT2D eigenvalue weighted by atomic mass is 9.86. The van der Waals surface area contributed by atoms with Gasteiger partial charge in [-0.1, -0.05) is 6.08 Å². The monoisotopic (exact) mass is 293 g/mol. The van der Waals surface area contributed by atoms with Gasteiger partial charge in [-0.3, -0.25) is 4.79 Å². The summed E-state index contributed by atoms with van der Waals surface area (Å²) in [5.74, 6) is 0.441. The molecule has 21 heavy (non-hydrogen) atoms. The Morgan fingerprint density at radius 1 is 1.24 bits per heavy atom. The number of nitrogens with zero attached hydrogens (tertiary/aromatic N) is 1. The van der Waals surface area contributed by atoms with E-state index in [0.29, 0.717) is 12.2 Å². The zero-order chi connectivity index (χ0) is 15.6. The summed E-state index contributed by atoms with van der Waals surface area (Å²) < 4.78 is 5.51. The van der Waals surface area contributed by atoms with Crippen LogP contribution in [-0.4, -0.2) is 34.5 Å². The summed E-state index contributed by atoms with van der Waals surface area (Å²) in [7, 11) is 0. The number of fused-ring (bicyclic) bond motifs is 2. The smallest absolute Gasteiger partial charge is 0.410 e. The molecule has 2 bridgehead atoms. The third kappa shape index (κ3) is 3.86. The number of hydrogen-bond donors (Lipinski definition) is 0. The van der Waals surface area contributed by atoms with Crippen molar-refractivity contribution >= 4 is 11.9 Å². The summed E-state index contributed by atoms with van der Waals surface area (Å²) in [5, 5.41) is 0. The van der Waals surface area contributed by atoms with Crippen molar-refractivity contribution in [2.75, 3.05) is 0 Å². The first kappa shape index (κ1) is 16.1. The van der Waals surface area contributed by atoms with Crippen LogP contribution in [0.1, 0.15) is 59.3 Å². The highest BCUT2D eigenvalue weighted by Crippen LogP contribution is 2.40. The Morgan fingerprint density at radius 3 is 2.29 bits per heavy atom. The van der Waals surface area contributed by atoms with E-state index in [1.54, 1.807) is 6.08 Å². The Morgan fingerprint density at radius 2 is 1.81 bits per heavy atom. The van der Waals surface area contributed by atoms with Crippen LogP contribution in [0.5, 0.6) is 0 Å². The maximum absolute atomic E-state index is 12.3. The lowest BCUT2D eigenvalue weighted by Crippen LogP contribution is -2.49. The van der Waals surface area contributed by atoms with Crippen LogP contribution in [0.15, 0.2) is 12.7 Å². The fraction of sp³-hybridized carbons (Fsp3) is 0.765. The maximum Gasteiger partial charge on any atom is 0.410 e. The van der Waals surface area contributed by atoms with Gasteiger partial charge in [-0.15, -0.1) is 6.58 Å². The van der Waals surface area contributed by atoms with E-state index in [2.05, 4.69) is 6.58 Å². The number of rotatable bonds is 4. The molecule has 0 saturated carbocycles. The highest BCUT2D eigenvalue weighted by atomic mass is 16.6. The predicted molar refractivity (Wildman–Crippen MR) is 82.0 cm³/mol. The molecule has 2 unspecified atom stereocenters. The number of carbonyl (C=O) groups is 2. The molecule has 2 atom stereocenters. The first-order valence-electron chi connectivity index (χ1n) is 7.96. The molecule has 0 N–H and O–H groups in total. The Bertz CT molecular complexity index is 410. The van der Waals surface area contributed by atoms with Crippen LogP contribution in [-0.2, 0) is 9.53 Å². The molecule has 0 radical (unpaired) electrons. The molecule has 4 nitrogen and oxygen atoms in total. The summed E-state index contributed by atoms with van der Waals surface area (Å²) >= 11 is 0. The van der Waals surface area contributed by atoms with Crippen LogP contribution < -0.4 is 0 Å². The van der Waals surface area contributed by atoms with Crippen LogP contribution in [0.2, 0.25) is 0 Å². The molecule has 0 aromatic heterocycles. The van der Waals surface area contributed by atoms with E-state index in [-0.39, 0.29) is 24.1 Å². The normalized spacial score (nSPS) is 28.3. The topological polar surface area (TPSA) is 46.6 Å². The van der Waals surface area contributed by atoms with Gasteiger partial charge in [-0.05, 0) is 52.9 Å². The summed E-state index contributed by atoms with van der Waals surface area (Å²) in [4.78, 5) is 26.4. The number of Topliss-reactive ketones (excluding diaryl/α,β-unsaturated/α-hetero) is 1. The van der Waals surface area contributed by atoms with E-state index >= 15 is 0 Å². The summed E-state index contributed by atoms with van der Waals surface area (Å²) in [6.45, 7) is 9.33. The van der Waals surface area contributed by atoms with E-state index in [9.17, 15) is 9.59 Å². The van der Waals surface area contributed by atoms with Crippen molar-refractivity contribution in [2.24, 2.45) is 5.92 Å². The molecular weight excluding hydrogens is 266 g/mol. The lowest BCUT2D eigenvalue weighted by Gasteiger charge is -2.39. The Kier molecular flexibility index (Phi) is 4.74. The highest BCUT2D eigenvalue weighted by molar-refractivity contribution is 5.82. The Labute approximate surface area is 127 Å². The number of amides is 1. The van der Waals surface area contributed by atoms with Crippen molar-refractivity contribution < 1.29 is 14.3 Å². The van der Waals surface area contributed by atoms with Crippen molar-refractivity contribution in [1.82, 2.24) is 4.90 Å². The summed E-state index contributed by atoms with van der Waals surface area (Å²) in [6.07, 6.45) is 6.50. The van der Waals surface area contributed by atoms with Gasteiger partial charge in [-0.25, -0.2) is 4.79 Å². The van der Waals surface area contributed by atoms with Gasteiger partial charge in [0.25, 0.3) is 0 Å². The van der Waals surface area contributed by atoms with Crippen molar-refractivity contribution in [3.8, 4) is 0 Å². The molecule has 2 aliphatic rings. The Hall–Kier alpha value is -1.32. The van der Waals surface area contributed by atoms with Gasteiger partial charge < -0.3 is 9.64 Å². The minimum Gasteiger partial charge on any atom is -0.444 e. The van der Waals surface area contributed by atoms with Crippen molar-refractivity contribution in [2.45, 2.75) is 77.0 Å². The van der Waals surface area contributed by atoms with Crippen LogP contribution in [0, 0.1) is 5.92 Å². The average molecular weight is 293 g/mol. The Balaban J connectivity index is 1.97. The largest absolute Gasteiger partial charge is 0.444 e. The van der Waals surface area contributed by atoms with Gasteiger partial charge in [0.2, 0.25) is 0 Å². The summed E-state index contributed by atoms with van der Waals surface area (Å²) in [5.41, 5.74) is -0.465. The third-order valence-electron chi connectivity index (χ3n) is 4.39. The molecule has 0 spiro atoms. The third-order valence-corrected chi connectivity index (χ3v) is 4.39. The second-order valence-corrected chi connectivity index (χ2v) is 7.23. The van der Waals surface area contributed by atoms with Gasteiger partial charge in [0.15, 0.2) is 0 Å². The number of carbonyl (C=O) groups excluding carboxylic acids is 2. The number of hydrogen-bond acceptors (Lipinski definition) is 3. The van der Waals surface area contributed by atoms with Crippen LogP contribution in [0.3, 0.4) is 0 Å². The second-order valence-electron chi connectivity index (χ2n) is 7.23. The van der Waals surface area contributed by atoms with E-state index in [1.165, 1.54) is 0 Å². The predicted octanol–water partition coefficient (Wildman–Crippen LogP) is 3.70. The van der Waals surface area contributed by atoms with Gasteiger partial charge in [0.1, 0.15) is 11.4 Å². The molecule has 1 amide bonds. The molecule has 118 valence electrons. The average Bonchev–Trinajstić information content (AvgIpc) is 2.65. The van der Waals surface area contributed by atoms with E-state index in [1.807, 2.05) is 25.7 Å². The number of ether oxygens (including phenoxy) is 1. The first-order valence-corrected chi connectivity index (χ1v) is 7.96. The van der Waals surface area contributed by atoms with Crippen molar-refractivity contribution in [3.63, 3.8) is 0 Å². The quantitative estimate of drug-likeness (QED) is 0.742. The van der Waals surface area contributed by atoms with Gasteiger partial charge >= 0.3 is 6.09 Å². The zero-order valence-corrected chi connectivity index (χ0v) is 13.4. The van der Waals surface area contributed by atoms with E-state index < -0.39 is 5.60 Å².